The highest BCUT2D eigenvalue weighted by molar-refractivity contribution is 7.99. The summed E-state index contributed by atoms with van der Waals surface area (Å²) in [5.41, 5.74) is 1.29. The first-order valence-electron chi connectivity index (χ1n) is 6.26. The Bertz CT molecular complexity index is 829. The van der Waals surface area contributed by atoms with Crippen molar-refractivity contribution in [2.24, 2.45) is 0 Å². The SMILES string of the molecule is CN(C(=O)S)S(=O)(=O)Nc1cnccc1Nc1cccc(Cl)c1. The molecule has 0 unspecified atom stereocenters. The molecule has 0 saturated heterocycles. The lowest BCUT2D eigenvalue weighted by Gasteiger charge is -2.18. The van der Waals surface area contributed by atoms with Crippen molar-refractivity contribution in [2.45, 2.75) is 0 Å². The lowest BCUT2D eigenvalue weighted by Crippen LogP contribution is -2.34. The van der Waals surface area contributed by atoms with Crippen molar-refractivity contribution in [2.75, 3.05) is 17.1 Å². The van der Waals surface area contributed by atoms with Crippen molar-refractivity contribution in [3.05, 3.63) is 47.7 Å². The van der Waals surface area contributed by atoms with E-state index in [2.05, 4.69) is 27.7 Å². The van der Waals surface area contributed by atoms with Crippen molar-refractivity contribution < 1.29 is 13.2 Å². The number of anilines is 3. The first-order valence-corrected chi connectivity index (χ1v) is 8.52. The molecule has 0 fully saturated rings. The molecular weight excluding hydrogens is 360 g/mol. The molecule has 7 nitrogen and oxygen atoms in total. The zero-order chi connectivity index (χ0) is 17.0. The molecule has 0 atom stereocenters. The molecule has 0 aliphatic carbocycles. The molecule has 0 radical (unpaired) electrons. The molecule has 0 aliphatic rings. The number of aromatic nitrogens is 1. The van der Waals surface area contributed by atoms with Crippen LogP contribution in [0.5, 0.6) is 0 Å². The largest absolute Gasteiger partial charge is 0.354 e. The van der Waals surface area contributed by atoms with Gasteiger partial charge in [-0.2, -0.15) is 8.42 Å². The van der Waals surface area contributed by atoms with Crippen LogP contribution in [-0.4, -0.2) is 30.0 Å². The summed E-state index contributed by atoms with van der Waals surface area (Å²) < 4.78 is 26.9. The molecule has 1 aromatic heterocycles. The summed E-state index contributed by atoms with van der Waals surface area (Å²) in [6, 6.07) is 8.51. The summed E-state index contributed by atoms with van der Waals surface area (Å²) in [7, 11) is -2.99. The van der Waals surface area contributed by atoms with Gasteiger partial charge in [0.05, 0.1) is 17.6 Å². The molecule has 1 aromatic carbocycles. The summed E-state index contributed by atoms with van der Waals surface area (Å²) >= 11 is 9.41. The molecule has 1 amide bonds. The van der Waals surface area contributed by atoms with Crippen LogP contribution < -0.4 is 10.0 Å². The number of nitrogens with one attached hydrogen (secondary N) is 2. The normalized spacial score (nSPS) is 10.9. The van der Waals surface area contributed by atoms with Crippen molar-refractivity contribution in [3.63, 3.8) is 0 Å². The second-order valence-corrected chi connectivity index (χ2v) is 6.93. The maximum Gasteiger partial charge on any atom is 0.326 e. The first-order chi connectivity index (χ1) is 10.8. The number of hydrogen-bond acceptors (Lipinski definition) is 5. The van der Waals surface area contributed by atoms with E-state index >= 15 is 0 Å². The molecule has 23 heavy (non-hydrogen) atoms. The average Bonchev–Trinajstić information content (AvgIpc) is 2.48. The van der Waals surface area contributed by atoms with E-state index in [9.17, 15) is 13.2 Å². The van der Waals surface area contributed by atoms with E-state index in [1.807, 2.05) is 0 Å². The minimum Gasteiger partial charge on any atom is -0.354 e. The van der Waals surface area contributed by atoms with Gasteiger partial charge in [-0.25, -0.2) is 4.31 Å². The number of amides is 1. The zero-order valence-electron chi connectivity index (χ0n) is 11.9. The Morgan fingerprint density at radius 2 is 2.04 bits per heavy atom. The highest BCUT2D eigenvalue weighted by Gasteiger charge is 2.22. The summed E-state index contributed by atoms with van der Waals surface area (Å²) in [5.74, 6) is 0. The van der Waals surface area contributed by atoms with Crippen LogP contribution in [0.25, 0.3) is 0 Å². The second-order valence-electron chi connectivity index (χ2n) is 4.41. The van der Waals surface area contributed by atoms with Gasteiger partial charge in [-0.1, -0.05) is 30.3 Å². The summed E-state index contributed by atoms with van der Waals surface area (Å²) in [6.07, 6.45) is 2.82. The third-order valence-electron chi connectivity index (χ3n) is 2.79. The van der Waals surface area contributed by atoms with Gasteiger partial charge in [-0.15, -0.1) is 0 Å². The fourth-order valence-corrected chi connectivity index (χ4v) is 2.91. The molecule has 2 aromatic rings. The Morgan fingerprint density at radius 3 is 2.70 bits per heavy atom. The third-order valence-corrected chi connectivity index (χ3v) is 4.83. The second kappa shape index (κ2) is 7.07. The van der Waals surface area contributed by atoms with Gasteiger partial charge < -0.3 is 5.32 Å². The fraction of sp³-hybridized carbons (Fsp3) is 0.0769. The smallest absolute Gasteiger partial charge is 0.326 e. The van der Waals surface area contributed by atoms with Crippen LogP contribution in [0.1, 0.15) is 0 Å². The maximum absolute atomic E-state index is 12.1. The van der Waals surface area contributed by atoms with E-state index < -0.39 is 15.4 Å². The van der Waals surface area contributed by atoms with Crippen molar-refractivity contribution >= 4 is 56.7 Å². The van der Waals surface area contributed by atoms with Gasteiger partial charge >= 0.3 is 10.2 Å². The Kier molecular flexibility index (Phi) is 5.34. The van der Waals surface area contributed by atoms with E-state index in [4.69, 9.17) is 11.6 Å². The van der Waals surface area contributed by atoms with Crippen LogP contribution in [-0.2, 0) is 10.2 Å². The summed E-state index contributed by atoms with van der Waals surface area (Å²) in [4.78, 5) is 15.0. The molecule has 0 aliphatic heterocycles. The Hall–Kier alpha value is -1.97. The molecule has 122 valence electrons. The first kappa shape index (κ1) is 17.4. The topological polar surface area (TPSA) is 91.4 Å². The van der Waals surface area contributed by atoms with Gasteiger partial charge in [0.25, 0.3) is 5.24 Å². The number of halogens is 1. The minimum absolute atomic E-state index is 0.175. The highest BCUT2D eigenvalue weighted by atomic mass is 35.5. The number of benzene rings is 1. The Balaban J connectivity index is 2.29. The standard InChI is InChI=1S/C13H13ClN4O3S2/c1-18(13(19)22)23(20,21)17-12-8-15-6-5-11(12)16-10-4-2-3-9(14)7-10/h2-8,17H,1H3,(H,15,16)(H,19,22). The van der Waals surface area contributed by atoms with Gasteiger partial charge in [-0.3, -0.25) is 14.5 Å². The molecule has 2 N–H and O–H groups in total. The number of pyridine rings is 1. The van der Waals surface area contributed by atoms with Gasteiger partial charge in [0.2, 0.25) is 0 Å². The number of carbonyl (C=O) groups excluding carboxylic acids is 1. The molecule has 1 heterocycles. The monoisotopic (exact) mass is 372 g/mol. The lowest BCUT2D eigenvalue weighted by atomic mass is 10.3. The fourth-order valence-electron chi connectivity index (χ4n) is 1.62. The Morgan fingerprint density at radius 1 is 1.30 bits per heavy atom. The van der Waals surface area contributed by atoms with E-state index in [1.54, 1.807) is 30.3 Å². The van der Waals surface area contributed by atoms with E-state index in [0.29, 0.717) is 20.7 Å². The average molecular weight is 373 g/mol. The van der Waals surface area contributed by atoms with Crippen molar-refractivity contribution in [1.82, 2.24) is 9.29 Å². The summed E-state index contributed by atoms with van der Waals surface area (Å²) in [5, 5.41) is 2.65. The molecule has 0 saturated carbocycles. The number of nitrogens with zero attached hydrogens (tertiary/aromatic N) is 2. The van der Waals surface area contributed by atoms with Crippen LogP contribution in [0, 0.1) is 0 Å². The molecule has 0 bridgehead atoms. The molecule has 10 heteroatoms. The summed E-state index contributed by atoms with van der Waals surface area (Å²) in [6.45, 7) is 0. The predicted octanol–water partition coefficient (Wildman–Crippen LogP) is 3.12. The van der Waals surface area contributed by atoms with Gasteiger partial charge in [0.15, 0.2) is 0 Å². The van der Waals surface area contributed by atoms with E-state index in [0.717, 1.165) is 7.05 Å². The maximum atomic E-state index is 12.1. The quantitative estimate of drug-likeness (QED) is 0.701. The predicted molar refractivity (Wildman–Crippen MR) is 93.7 cm³/mol. The number of carbonyl (C=O) groups is 1. The van der Waals surface area contributed by atoms with Crippen LogP contribution >= 0.6 is 24.2 Å². The highest BCUT2D eigenvalue weighted by Crippen LogP contribution is 2.27. The van der Waals surface area contributed by atoms with Gasteiger partial charge in [0.1, 0.15) is 0 Å². The number of thiol groups is 1. The molecule has 0 spiro atoms. The van der Waals surface area contributed by atoms with Gasteiger partial charge in [0, 0.05) is 24.0 Å². The Labute approximate surface area is 144 Å². The molecule has 2 rings (SSSR count). The van der Waals surface area contributed by atoms with E-state index in [-0.39, 0.29) is 5.69 Å². The lowest BCUT2D eigenvalue weighted by molar-refractivity contribution is 0.251. The number of rotatable bonds is 5. The third kappa shape index (κ3) is 4.50. The minimum atomic E-state index is -4.08. The van der Waals surface area contributed by atoms with Crippen molar-refractivity contribution in [3.8, 4) is 0 Å². The van der Waals surface area contributed by atoms with Gasteiger partial charge in [-0.05, 0) is 24.3 Å². The van der Waals surface area contributed by atoms with Crippen LogP contribution in [0.4, 0.5) is 21.9 Å². The zero-order valence-corrected chi connectivity index (χ0v) is 14.4. The van der Waals surface area contributed by atoms with Crippen LogP contribution in [0.2, 0.25) is 5.02 Å². The molecular formula is C13H13ClN4O3S2. The number of hydrogen-bond donors (Lipinski definition) is 3. The van der Waals surface area contributed by atoms with E-state index in [1.165, 1.54) is 12.4 Å². The van der Waals surface area contributed by atoms with Crippen molar-refractivity contribution in [1.29, 1.82) is 0 Å². The van der Waals surface area contributed by atoms with Crippen LogP contribution in [0.3, 0.4) is 0 Å². The van der Waals surface area contributed by atoms with Crippen LogP contribution in [0.15, 0.2) is 42.7 Å².